The lowest BCUT2D eigenvalue weighted by Crippen LogP contribution is -2.24. The van der Waals surface area contributed by atoms with Crippen molar-refractivity contribution in [1.82, 2.24) is 15.5 Å². The number of halogens is 1. The monoisotopic (exact) mass is 299 g/mol. The molecule has 1 aromatic carbocycles. The van der Waals surface area contributed by atoms with Crippen molar-refractivity contribution in [3.05, 3.63) is 36.0 Å². The molecule has 2 aromatic rings. The van der Waals surface area contributed by atoms with Crippen molar-refractivity contribution >= 4 is 12.4 Å². The summed E-state index contributed by atoms with van der Waals surface area (Å²) in [4.78, 5) is 4.24. The van der Waals surface area contributed by atoms with E-state index in [9.17, 15) is 0 Å². The zero-order valence-corrected chi connectivity index (χ0v) is 12.2. The number of benzene rings is 1. The van der Waals surface area contributed by atoms with E-state index in [0.29, 0.717) is 29.9 Å². The standard InChI is InChI=1S/C13H17N3O3.ClH/c1-9(14-2)7-12-15-13(19-16-12)8-18-11-5-3-10(17)4-6-11;/h3-6,9,14,17H,7-8H2,1-2H3;1H. The molecule has 20 heavy (non-hydrogen) atoms. The van der Waals surface area contributed by atoms with E-state index in [-0.39, 0.29) is 24.8 Å². The Kier molecular flexibility index (Phi) is 6.27. The van der Waals surface area contributed by atoms with Gasteiger partial charge in [0, 0.05) is 12.5 Å². The SMILES string of the molecule is CNC(C)Cc1noc(COc2ccc(O)cc2)n1.Cl. The molecule has 0 spiro atoms. The normalized spacial score (nSPS) is 11.7. The quantitative estimate of drug-likeness (QED) is 0.848. The number of nitrogens with one attached hydrogen (secondary N) is 1. The number of rotatable bonds is 6. The average Bonchev–Trinajstić information content (AvgIpc) is 2.85. The molecule has 0 amide bonds. The van der Waals surface area contributed by atoms with Crippen LogP contribution in [0.4, 0.5) is 0 Å². The minimum Gasteiger partial charge on any atom is -0.508 e. The molecule has 1 aromatic heterocycles. The first-order chi connectivity index (χ1) is 9.17. The van der Waals surface area contributed by atoms with Crippen molar-refractivity contribution in [3.8, 4) is 11.5 Å². The van der Waals surface area contributed by atoms with Gasteiger partial charge in [-0.3, -0.25) is 0 Å². The van der Waals surface area contributed by atoms with Crippen LogP contribution in [-0.4, -0.2) is 28.3 Å². The molecule has 6 nitrogen and oxygen atoms in total. The number of aromatic hydroxyl groups is 1. The van der Waals surface area contributed by atoms with E-state index in [1.54, 1.807) is 24.3 Å². The van der Waals surface area contributed by atoms with E-state index in [2.05, 4.69) is 15.5 Å². The highest BCUT2D eigenvalue weighted by Gasteiger charge is 2.09. The molecule has 0 aliphatic rings. The zero-order valence-electron chi connectivity index (χ0n) is 11.4. The summed E-state index contributed by atoms with van der Waals surface area (Å²) >= 11 is 0. The molecule has 0 aliphatic heterocycles. The summed E-state index contributed by atoms with van der Waals surface area (Å²) in [5.41, 5.74) is 0. The summed E-state index contributed by atoms with van der Waals surface area (Å²) < 4.78 is 10.6. The van der Waals surface area contributed by atoms with Gasteiger partial charge in [-0.25, -0.2) is 0 Å². The Morgan fingerprint density at radius 2 is 2.05 bits per heavy atom. The third-order valence-electron chi connectivity index (χ3n) is 2.69. The lowest BCUT2D eigenvalue weighted by molar-refractivity contribution is 0.242. The van der Waals surface area contributed by atoms with Gasteiger partial charge in [-0.1, -0.05) is 5.16 Å². The molecule has 110 valence electrons. The molecule has 0 bridgehead atoms. The number of phenolic OH excluding ortho intramolecular Hbond substituents is 1. The van der Waals surface area contributed by atoms with Crippen molar-refractivity contribution in [2.45, 2.75) is 26.0 Å². The van der Waals surface area contributed by atoms with E-state index < -0.39 is 0 Å². The highest BCUT2D eigenvalue weighted by atomic mass is 35.5. The third-order valence-corrected chi connectivity index (χ3v) is 2.69. The van der Waals surface area contributed by atoms with Gasteiger partial charge >= 0.3 is 0 Å². The first-order valence-electron chi connectivity index (χ1n) is 6.08. The highest BCUT2D eigenvalue weighted by Crippen LogP contribution is 2.16. The Hall–Kier alpha value is -1.79. The third kappa shape index (κ3) is 4.71. The Morgan fingerprint density at radius 3 is 2.70 bits per heavy atom. The summed E-state index contributed by atoms with van der Waals surface area (Å²) in [5.74, 6) is 1.94. The number of phenols is 1. The van der Waals surface area contributed by atoms with E-state index in [1.165, 1.54) is 0 Å². The van der Waals surface area contributed by atoms with Crippen LogP contribution < -0.4 is 10.1 Å². The predicted octanol–water partition coefficient (Wildman–Crippen LogP) is 1.93. The maximum absolute atomic E-state index is 9.15. The summed E-state index contributed by atoms with van der Waals surface area (Å²) in [7, 11) is 1.89. The molecule has 0 saturated carbocycles. The second-order valence-electron chi connectivity index (χ2n) is 4.28. The average molecular weight is 300 g/mol. The molecule has 2 N–H and O–H groups in total. The largest absolute Gasteiger partial charge is 0.508 e. The molecular weight excluding hydrogens is 282 g/mol. The smallest absolute Gasteiger partial charge is 0.264 e. The number of hydrogen-bond donors (Lipinski definition) is 2. The fourth-order valence-corrected chi connectivity index (χ4v) is 1.50. The Morgan fingerprint density at radius 1 is 1.35 bits per heavy atom. The summed E-state index contributed by atoms with van der Waals surface area (Å²) in [6, 6.07) is 6.76. The van der Waals surface area contributed by atoms with Crippen molar-refractivity contribution in [3.63, 3.8) is 0 Å². The molecule has 0 saturated heterocycles. The summed E-state index contributed by atoms with van der Waals surface area (Å²) in [5, 5.41) is 16.1. The van der Waals surface area contributed by atoms with Gasteiger partial charge in [-0.05, 0) is 38.2 Å². The van der Waals surface area contributed by atoms with E-state index in [0.717, 1.165) is 0 Å². The first-order valence-corrected chi connectivity index (χ1v) is 6.08. The Balaban J connectivity index is 0.00000200. The van der Waals surface area contributed by atoms with Gasteiger partial charge in [0.15, 0.2) is 12.4 Å². The maximum atomic E-state index is 9.15. The molecule has 1 unspecified atom stereocenters. The van der Waals surface area contributed by atoms with Crippen molar-refractivity contribution in [2.75, 3.05) is 7.05 Å². The molecule has 1 atom stereocenters. The highest BCUT2D eigenvalue weighted by molar-refractivity contribution is 5.85. The van der Waals surface area contributed by atoms with Crippen LogP contribution in [0.25, 0.3) is 0 Å². The van der Waals surface area contributed by atoms with Crippen LogP contribution in [0.1, 0.15) is 18.6 Å². The summed E-state index contributed by atoms with van der Waals surface area (Å²) in [6.45, 7) is 2.26. The fraction of sp³-hybridized carbons (Fsp3) is 0.385. The van der Waals surface area contributed by atoms with Crippen LogP contribution >= 0.6 is 12.4 Å². The van der Waals surface area contributed by atoms with E-state index in [4.69, 9.17) is 14.4 Å². The van der Waals surface area contributed by atoms with Crippen LogP contribution in [0.15, 0.2) is 28.8 Å². The number of aromatic nitrogens is 2. The summed E-state index contributed by atoms with van der Waals surface area (Å²) in [6.07, 6.45) is 0.708. The number of ether oxygens (including phenoxy) is 1. The van der Waals surface area contributed by atoms with Gasteiger partial charge in [0.2, 0.25) is 0 Å². The van der Waals surface area contributed by atoms with Crippen molar-refractivity contribution in [1.29, 1.82) is 0 Å². The lowest BCUT2D eigenvalue weighted by Gasteiger charge is -2.04. The fourth-order valence-electron chi connectivity index (χ4n) is 1.50. The Bertz CT molecular complexity index is 516. The van der Waals surface area contributed by atoms with Gasteiger partial charge < -0.3 is 19.7 Å². The zero-order chi connectivity index (χ0) is 13.7. The van der Waals surface area contributed by atoms with Crippen LogP contribution in [0, 0.1) is 0 Å². The maximum Gasteiger partial charge on any atom is 0.264 e. The van der Waals surface area contributed by atoms with Gasteiger partial charge in [0.05, 0.1) is 0 Å². The van der Waals surface area contributed by atoms with Crippen molar-refractivity contribution < 1.29 is 14.4 Å². The second kappa shape index (κ2) is 7.72. The predicted molar refractivity (Wildman–Crippen MR) is 76.2 cm³/mol. The molecule has 0 radical (unpaired) electrons. The van der Waals surface area contributed by atoms with Gasteiger partial charge in [0.25, 0.3) is 5.89 Å². The molecule has 1 heterocycles. The van der Waals surface area contributed by atoms with Gasteiger partial charge in [-0.2, -0.15) is 4.98 Å². The molecule has 0 fully saturated rings. The van der Waals surface area contributed by atoms with Crippen LogP contribution in [0.5, 0.6) is 11.5 Å². The molecule has 2 rings (SSSR count). The molecular formula is C13H18ClN3O3. The van der Waals surface area contributed by atoms with Crippen LogP contribution in [-0.2, 0) is 13.0 Å². The van der Waals surface area contributed by atoms with E-state index >= 15 is 0 Å². The minimum absolute atomic E-state index is 0. The van der Waals surface area contributed by atoms with Crippen LogP contribution in [0.2, 0.25) is 0 Å². The topological polar surface area (TPSA) is 80.4 Å². The lowest BCUT2D eigenvalue weighted by atomic mass is 10.2. The number of likely N-dealkylation sites (N-methyl/N-ethyl adjacent to an activating group) is 1. The van der Waals surface area contributed by atoms with Crippen LogP contribution in [0.3, 0.4) is 0 Å². The molecule has 0 aliphatic carbocycles. The number of hydrogen-bond acceptors (Lipinski definition) is 6. The van der Waals surface area contributed by atoms with Gasteiger partial charge in [-0.15, -0.1) is 12.4 Å². The van der Waals surface area contributed by atoms with Crippen molar-refractivity contribution in [2.24, 2.45) is 0 Å². The van der Waals surface area contributed by atoms with E-state index in [1.807, 2.05) is 14.0 Å². The molecule has 7 heteroatoms. The number of nitrogens with zero attached hydrogens (tertiary/aromatic N) is 2. The Labute approximate surface area is 123 Å². The second-order valence-corrected chi connectivity index (χ2v) is 4.28. The van der Waals surface area contributed by atoms with Gasteiger partial charge in [0.1, 0.15) is 11.5 Å². The minimum atomic E-state index is 0. The first kappa shape index (κ1) is 16.3.